The summed E-state index contributed by atoms with van der Waals surface area (Å²) in [6.45, 7) is 2.56. The minimum absolute atomic E-state index is 0.0729. The molecule has 3 aromatic rings. The average molecular weight is 376 g/mol. The number of hydrogen-bond acceptors (Lipinski definition) is 5. The molecule has 6 nitrogen and oxygen atoms in total. The molecule has 1 atom stereocenters. The van der Waals surface area contributed by atoms with Crippen molar-refractivity contribution in [3.63, 3.8) is 0 Å². The molecule has 2 aromatic carbocycles. The molecule has 1 amide bonds. The van der Waals surface area contributed by atoms with E-state index in [-0.39, 0.29) is 11.9 Å². The highest BCUT2D eigenvalue weighted by atomic mass is 16.5. The Morgan fingerprint density at radius 2 is 1.82 bits per heavy atom. The van der Waals surface area contributed by atoms with E-state index < -0.39 is 0 Å². The first-order valence-corrected chi connectivity index (χ1v) is 9.20. The van der Waals surface area contributed by atoms with Crippen LogP contribution in [0, 0.1) is 0 Å². The number of hydrogen-bond donors (Lipinski definition) is 2. The first-order chi connectivity index (χ1) is 13.7. The Morgan fingerprint density at radius 1 is 1.07 bits per heavy atom. The zero-order chi connectivity index (χ0) is 19.8. The average Bonchev–Trinajstić information content (AvgIpc) is 2.75. The molecule has 0 saturated carbocycles. The fraction of sp³-hybridized carbons (Fsp3) is 0.227. The Bertz CT molecular complexity index is 898. The van der Waals surface area contributed by atoms with Crippen molar-refractivity contribution in [3.8, 4) is 5.75 Å². The van der Waals surface area contributed by atoms with Crippen LogP contribution in [0.4, 0.5) is 5.95 Å². The van der Waals surface area contributed by atoms with Gasteiger partial charge in [-0.15, -0.1) is 0 Å². The maximum absolute atomic E-state index is 12.3. The van der Waals surface area contributed by atoms with Gasteiger partial charge in [0.1, 0.15) is 5.75 Å². The third-order valence-corrected chi connectivity index (χ3v) is 4.39. The number of anilines is 1. The molecule has 28 heavy (non-hydrogen) atoms. The third kappa shape index (κ3) is 5.30. The van der Waals surface area contributed by atoms with Gasteiger partial charge < -0.3 is 15.4 Å². The van der Waals surface area contributed by atoms with E-state index in [0.717, 1.165) is 23.3 Å². The lowest BCUT2D eigenvalue weighted by Crippen LogP contribution is -2.26. The van der Waals surface area contributed by atoms with Crippen LogP contribution in [0.2, 0.25) is 0 Å². The molecule has 0 fully saturated rings. The predicted octanol–water partition coefficient (Wildman–Crippen LogP) is 3.63. The van der Waals surface area contributed by atoms with Crippen molar-refractivity contribution in [2.24, 2.45) is 0 Å². The molecule has 0 saturated heterocycles. The molecule has 0 radical (unpaired) electrons. The molecule has 0 aliphatic heterocycles. The van der Waals surface area contributed by atoms with Crippen LogP contribution in [0.15, 0.2) is 67.0 Å². The first kappa shape index (κ1) is 19.4. The molecule has 6 heteroatoms. The van der Waals surface area contributed by atoms with Crippen LogP contribution < -0.4 is 15.4 Å². The standard InChI is InChI=1S/C22H24N4O2/c1-16(18-8-4-3-5-9-18)26-22-24-14-19(15-25-22)21(27)23-12-11-17-7-6-10-20(13-17)28-2/h3-10,13-16H,11-12H2,1-2H3,(H,23,27)(H,24,25,26). The van der Waals surface area contributed by atoms with Gasteiger partial charge in [0.2, 0.25) is 5.95 Å². The molecular formula is C22H24N4O2. The Morgan fingerprint density at radius 3 is 2.54 bits per heavy atom. The van der Waals surface area contributed by atoms with Crippen LogP contribution in [0.1, 0.15) is 34.5 Å². The van der Waals surface area contributed by atoms with Crippen molar-refractivity contribution in [1.82, 2.24) is 15.3 Å². The molecule has 1 heterocycles. The minimum atomic E-state index is -0.189. The largest absolute Gasteiger partial charge is 0.497 e. The van der Waals surface area contributed by atoms with Gasteiger partial charge in [0.15, 0.2) is 0 Å². The van der Waals surface area contributed by atoms with Gasteiger partial charge in [-0.25, -0.2) is 9.97 Å². The van der Waals surface area contributed by atoms with E-state index >= 15 is 0 Å². The highest BCUT2D eigenvalue weighted by Gasteiger charge is 2.09. The van der Waals surface area contributed by atoms with Crippen LogP contribution in [0.25, 0.3) is 0 Å². The number of aromatic nitrogens is 2. The fourth-order valence-electron chi connectivity index (χ4n) is 2.79. The molecule has 144 valence electrons. The van der Waals surface area contributed by atoms with Crippen LogP contribution in [0.3, 0.4) is 0 Å². The van der Waals surface area contributed by atoms with E-state index in [4.69, 9.17) is 4.74 Å². The molecule has 1 unspecified atom stereocenters. The summed E-state index contributed by atoms with van der Waals surface area (Å²) >= 11 is 0. The second-order valence-corrected chi connectivity index (χ2v) is 6.43. The molecule has 0 aliphatic carbocycles. The van der Waals surface area contributed by atoms with E-state index in [1.54, 1.807) is 7.11 Å². The van der Waals surface area contributed by atoms with Gasteiger partial charge in [-0.1, -0.05) is 42.5 Å². The lowest BCUT2D eigenvalue weighted by Gasteiger charge is -2.14. The lowest BCUT2D eigenvalue weighted by atomic mass is 10.1. The number of amides is 1. The van der Waals surface area contributed by atoms with Crippen molar-refractivity contribution >= 4 is 11.9 Å². The third-order valence-electron chi connectivity index (χ3n) is 4.39. The maximum Gasteiger partial charge on any atom is 0.254 e. The van der Waals surface area contributed by atoms with E-state index in [1.807, 2.05) is 61.5 Å². The number of ether oxygens (including phenoxy) is 1. The number of carbonyl (C=O) groups excluding carboxylic acids is 1. The topological polar surface area (TPSA) is 76.1 Å². The highest BCUT2D eigenvalue weighted by Crippen LogP contribution is 2.16. The summed E-state index contributed by atoms with van der Waals surface area (Å²) in [7, 11) is 1.64. The molecule has 2 N–H and O–H groups in total. The van der Waals surface area contributed by atoms with Crippen molar-refractivity contribution in [3.05, 3.63) is 83.7 Å². The van der Waals surface area contributed by atoms with Gasteiger partial charge >= 0.3 is 0 Å². The molecule has 0 aliphatic rings. The monoisotopic (exact) mass is 376 g/mol. The Labute approximate surface area is 165 Å². The smallest absolute Gasteiger partial charge is 0.254 e. The normalized spacial score (nSPS) is 11.5. The zero-order valence-corrected chi connectivity index (χ0v) is 16.1. The molecule has 0 spiro atoms. The van der Waals surface area contributed by atoms with Crippen molar-refractivity contribution in [1.29, 1.82) is 0 Å². The summed E-state index contributed by atoms with van der Waals surface area (Å²) in [6.07, 6.45) is 3.79. The van der Waals surface area contributed by atoms with Crippen molar-refractivity contribution in [2.75, 3.05) is 19.0 Å². The van der Waals surface area contributed by atoms with E-state index in [1.165, 1.54) is 12.4 Å². The number of nitrogens with zero attached hydrogens (tertiary/aromatic N) is 2. The summed E-state index contributed by atoms with van der Waals surface area (Å²) in [6, 6.07) is 17.9. The predicted molar refractivity (Wildman–Crippen MR) is 110 cm³/mol. The van der Waals surface area contributed by atoms with Gasteiger partial charge in [0, 0.05) is 18.9 Å². The Balaban J connectivity index is 1.50. The van der Waals surface area contributed by atoms with Crippen molar-refractivity contribution < 1.29 is 9.53 Å². The Kier molecular flexibility index (Phi) is 6.57. The van der Waals surface area contributed by atoms with E-state index in [2.05, 4.69) is 20.6 Å². The number of methoxy groups -OCH3 is 1. The highest BCUT2D eigenvalue weighted by molar-refractivity contribution is 5.93. The van der Waals surface area contributed by atoms with Crippen LogP contribution in [0.5, 0.6) is 5.75 Å². The maximum atomic E-state index is 12.3. The number of rotatable bonds is 8. The zero-order valence-electron chi connectivity index (χ0n) is 16.1. The van der Waals surface area contributed by atoms with Gasteiger partial charge in [0.05, 0.1) is 18.7 Å². The summed E-state index contributed by atoms with van der Waals surface area (Å²) in [5, 5.41) is 6.12. The lowest BCUT2D eigenvalue weighted by molar-refractivity contribution is 0.0953. The van der Waals surface area contributed by atoms with Gasteiger partial charge in [0.25, 0.3) is 5.91 Å². The SMILES string of the molecule is COc1cccc(CCNC(=O)c2cnc(NC(C)c3ccccc3)nc2)c1. The molecule has 3 rings (SSSR count). The first-order valence-electron chi connectivity index (χ1n) is 9.20. The molecule has 0 bridgehead atoms. The van der Waals surface area contributed by atoms with Crippen molar-refractivity contribution in [2.45, 2.75) is 19.4 Å². The molecular weight excluding hydrogens is 352 g/mol. The minimum Gasteiger partial charge on any atom is -0.497 e. The van der Waals surface area contributed by atoms with Crippen LogP contribution in [-0.2, 0) is 6.42 Å². The number of benzene rings is 2. The summed E-state index contributed by atoms with van der Waals surface area (Å²) in [5.41, 5.74) is 2.68. The molecule has 1 aromatic heterocycles. The van der Waals surface area contributed by atoms with Gasteiger partial charge in [-0.05, 0) is 36.6 Å². The quantitative estimate of drug-likeness (QED) is 0.628. The second-order valence-electron chi connectivity index (χ2n) is 6.43. The number of carbonyl (C=O) groups is 1. The van der Waals surface area contributed by atoms with Gasteiger partial charge in [-0.3, -0.25) is 4.79 Å². The second kappa shape index (κ2) is 9.50. The van der Waals surface area contributed by atoms with E-state index in [9.17, 15) is 4.79 Å². The Hall–Kier alpha value is -3.41. The number of nitrogens with one attached hydrogen (secondary N) is 2. The van der Waals surface area contributed by atoms with Crippen LogP contribution in [-0.4, -0.2) is 29.5 Å². The summed E-state index contributed by atoms with van der Waals surface area (Å²) in [4.78, 5) is 20.8. The van der Waals surface area contributed by atoms with Crippen LogP contribution >= 0.6 is 0 Å². The fourth-order valence-corrected chi connectivity index (χ4v) is 2.79. The van der Waals surface area contributed by atoms with E-state index in [0.29, 0.717) is 18.1 Å². The summed E-state index contributed by atoms with van der Waals surface area (Å²) < 4.78 is 5.21. The summed E-state index contributed by atoms with van der Waals surface area (Å²) in [5.74, 6) is 1.11. The van der Waals surface area contributed by atoms with Gasteiger partial charge in [-0.2, -0.15) is 0 Å².